The van der Waals surface area contributed by atoms with Gasteiger partial charge in [0.25, 0.3) is 0 Å². The van der Waals surface area contributed by atoms with E-state index in [2.05, 4.69) is 153 Å². The Morgan fingerprint density at radius 2 is 0.632 bits per heavy atom. The van der Waals surface area contributed by atoms with E-state index < -0.39 is 0 Å². The van der Waals surface area contributed by atoms with Gasteiger partial charge in [-0.25, -0.2) is 0 Å². The molecule has 0 heterocycles. The van der Waals surface area contributed by atoms with Gasteiger partial charge < -0.3 is 86.5 Å². The monoisotopic (exact) mass is 722 g/mol. The van der Waals surface area contributed by atoms with Crippen LogP contribution in [0.2, 0.25) is 0 Å². The first-order chi connectivity index (χ1) is 15.8. The third-order valence-electron chi connectivity index (χ3n) is 3.00. The van der Waals surface area contributed by atoms with E-state index in [9.17, 15) is 0 Å². The second kappa shape index (κ2) is 43.0. The van der Waals surface area contributed by atoms with Gasteiger partial charge in [-0.3, -0.25) is 0 Å². The fourth-order valence-corrected chi connectivity index (χ4v) is 2.26. The van der Waals surface area contributed by atoms with Gasteiger partial charge in [-0.05, 0) is 0 Å². The average Bonchev–Trinajstić information content (AvgIpc) is 2.70. The van der Waals surface area contributed by atoms with Crippen LogP contribution in [0.25, 0.3) is 0 Å². The molecule has 38 heavy (non-hydrogen) atoms. The molecule has 0 aromatic heterocycles. The molecule has 0 N–H and O–H groups in total. The first kappa shape index (κ1) is 59.0. The summed E-state index contributed by atoms with van der Waals surface area (Å²) in [6.07, 6.45) is 0. The minimum Gasteiger partial charge on any atom is -0.813 e. The van der Waals surface area contributed by atoms with Gasteiger partial charge >= 0.3 is 17.1 Å². The fourth-order valence-electron chi connectivity index (χ4n) is 2.26. The van der Waals surface area contributed by atoms with Crippen LogP contribution in [0, 0.1) is 0 Å². The number of benzene rings is 2. The number of quaternary nitrogens is 2. The van der Waals surface area contributed by atoms with E-state index in [1.54, 1.807) is 0 Å². The number of thiol groups is 2. The Hall–Kier alpha value is 1.50. The van der Waals surface area contributed by atoms with Crippen molar-refractivity contribution in [2.75, 3.05) is 65.3 Å². The topological polar surface area (TPSA) is 0 Å². The molecular weight excluding hydrogens is 668 g/mol. The first-order valence-electron chi connectivity index (χ1n) is 11.8. The van der Waals surface area contributed by atoms with Crippen LogP contribution in [0.4, 0.5) is 0 Å². The molecule has 2 aromatic rings. The van der Waals surface area contributed by atoms with E-state index in [4.69, 9.17) is 0 Å². The second-order valence-corrected chi connectivity index (χ2v) is 11.3. The molecule has 2 aromatic carbocycles. The van der Waals surface area contributed by atoms with Gasteiger partial charge in [0, 0.05) is 28.2 Å². The van der Waals surface area contributed by atoms with E-state index in [0.717, 1.165) is 45.1 Å². The summed E-state index contributed by atoms with van der Waals surface area (Å²) in [6.45, 7) is 9.96. The van der Waals surface area contributed by atoms with Gasteiger partial charge in [0.15, 0.2) is 0 Å². The number of nitrogens with zero attached hydrogens (tertiary/aromatic N) is 2. The molecule has 10 heteroatoms. The summed E-state index contributed by atoms with van der Waals surface area (Å²) in [5.41, 5.74) is 2.81. The normalized spacial score (nSPS) is 8.58. The Kier molecular flexibility index (Phi) is 66.7. The molecule has 0 saturated carbocycles. The molecule has 0 aliphatic rings. The van der Waals surface area contributed by atoms with Crippen LogP contribution in [-0.4, -0.2) is 74.3 Å². The SMILES string of the molecule is CC[S-].CC[S-].CC[S-].CC[S-].C[N+](C)(C)Cc1ccccc1.C[N+](C)(C)Cc1ccccc1.[Fe+3].[Fe].[SH-].[SH-]. The smallest absolute Gasteiger partial charge is 0.813 e. The van der Waals surface area contributed by atoms with Crippen molar-refractivity contribution in [3.63, 3.8) is 0 Å². The molecule has 0 amide bonds. The Bertz CT molecular complexity index is 553. The van der Waals surface area contributed by atoms with Gasteiger partial charge in [-0.15, -0.1) is 0 Å². The van der Waals surface area contributed by atoms with Gasteiger partial charge in [0.05, 0.1) is 42.3 Å². The van der Waals surface area contributed by atoms with Crippen molar-refractivity contribution < 1.29 is 43.1 Å². The predicted molar refractivity (Wildman–Crippen MR) is 186 cm³/mol. The maximum Gasteiger partial charge on any atom is 3.00 e. The van der Waals surface area contributed by atoms with Crippen molar-refractivity contribution in [1.29, 1.82) is 0 Å². The average molecular weight is 723 g/mol. The Balaban J connectivity index is -0.0000000522. The molecule has 2 rings (SSSR count). The van der Waals surface area contributed by atoms with Crippen LogP contribution in [0.5, 0.6) is 0 Å². The molecule has 0 bridgehead atoms. The number of hydrogen-bond acceptors (Lipinski definition) is 6. The molecular formula is C28H54Fe2N2S6-. The van der Waals surface area contributed by atoms with E-state index in [0.29, 0.717) is 0 Å². The first-order valence-corrected chi connectivity index (χ1v) is 14.1. The molecule has 0 saturated heterocycles. The largest absolute Gasteiger partial charge is 3.00 e. The summed E-state index contributed by atoms with van der Waals surface area (Å²) >= 11 is 17.6. The minimum atomic E-state index is 0. The summed E-state index contributed by atoms with van der Waals surface area (Å²) in [5, 5.41) is 0. The standard InChI is InChI=1S/2C10H16N.4C2H6S.2Fe.2H2S/c2*1-11(2,3)9-10-7-5-4-6-8-10;4*1-2-3;;;;/h2*4-8H,9H2,1-3H3;4*3H,2H2,1H3;;;2*1H2/q2*+1;;;;;;+3;;/p-6. The zero-order valence-electron chi connectivity index (χ0n) is 25.1. The summed E-state index contributed by atoms with van der Waals surface area (Å²) < 4.78 is 1.98. The van der Waals surface area contributed by atoms with Crippen molar-refractivity contribution >= 4 is 77.5 Å². The van der Waals surface area contributed by atoms with Crippen LogP contribution in [0.1, 0.15) is 38.8 Å². The fraction of sp³-hybridized carbons (Fsp3) is 0.571. The number of hydrogen-bond donors (Lipinski definition) is 0. The van der Waals surface area contributed by atoms with E-state index in [1.807, 2.05) is 27.7 Å². The third-order valence-corrected chi connectivity index (χ3v) is 3.00. The Labute approximate surface area is 295 Å². The molecule has 0 aliphatic carbocycles. The van der Waals surface area contributed by atoms with Crippen LogP contribution in [0.3, 0.4) is 0 Å². The zero-order valence-corrected chi connectivity index (χ0v) is 32.4. The van der Waals surface area contributed by atoms with E-state index >= 15 is 0 Å². The van der Waals surface area contributed by atoms with Crippen LogP contribution < -0.4 is 0 Å². The maximum absolute atomic E-state index is 4.39. The Morgan fingerprint density at radius 1 is 0.474 bits per heavy atom. The summed E-state index contributed by atoms with van der Waals surface area (Å²) in [4.78, 5) is 0. The molecule has 229 valence electrons. The Morgan fingerprint density at radius 3 is 0.763 bits per heavy atom. The van der Waals surface area contributed by atoms with Crippen LogP contribution in [-0.2, 0) is 125 Å². The molecule has 2 nitrogen and oxygen atoms in total. The van der Waals surface area contributed by atoms with Crippen LogP contribution in [0.15, 0.2) is 60.7 Å². The zero-order chi connectivity index (χ0) is 27.5. The quantitative estimate of drug-likeness (QED) is 0.177. The predicted octanol–water partition coefficient (Wildman–Crippen LogP) is 5.45. The van der Waals surface area contributed by atoms with E-state index in [1.165, 1.54) is 11.1 Å². The van der Waals surface area contributed by atoms with Crippen LogP contribution >= 0.6 is 0 Å². The minimum absolute atomic E-state index is 0. The van der Waals surface area contributed by atoms with Crippen molar-refractivity contribution in [3.05, 3.63) is 71.8 Å². The van der Waals surface area contributed by atoms with Gasteiger partial charge in [0.1, 0.15) is 13.1 Å². The molecule has 0 unspecified atom stereocenters. The molecule has 0 spiro atoms. The van der Waals surface area contributed by atoms with Gasteiger partial charge in [-0.1, -0.05) is 88.4 Å². The summed E-state index contributed by atoms with van der Waals surface area (Å²) in [7, 11) is 13.2. The van der Waals surface area contributed by atoms with Gasteiger partial charge in [0.2, 0.25) is 0 Å². The van der Waals surface area contributed by atoms with E-state index in [-0.39, 0.29) is 61.1 Å². The maximum atomic E-state index is 4.39. The molecule has 0 fully saturated rings. The summed E-state index contributed by atoms with van der Waals surface area (Å²) in [5.74, 6) is 3.33. The van der Waals surface area contributed by atoms with Crippen molar-refractivity contribution in [3.8, 4) is 0 Å². The third kappa shape index (κ3) is 66.1. The second-order valence-electron chi connectivity index (χ2n) is 9.02. The molecule has 0 atom stereocenters. The van der Waals surface area contributed by atoms with Crippen molar-refractivity contribution in [2.24, 2.45) is 0 Å². The van der Waals surface area contributed by atoms with Crippen molar-refractivity contribution in [1.82, 2.24) is 0 Å². The van der Waals surface area contributed by atoms with Gasteiger partial charge in [-0.2, -0.15) is 23.0 Å². The molecule has 0 aliphatic heterocycles. The van der Waals surface area contributed by atoms with Crippen molar-refractivity contribution in [2.45, 2.75) is 40.8 Å². The number of rotatable bonds is 4. The molecule has 1 radical (unpaired) electrons. The summed E-state index contributed by atoms with van der Waals surface area (Å²) in [6, 6.07) is 21.1.